The first-order chi connectivity index (χ1) is 12.6. The van der Waals surface area contributed by atoms with Crippen LogP contribution in [0.3, 0.4) is 0 Å². The highest BCUT2D eigenvalue weighted by Gasteiger charge is 2.49. The van der Waals surface area contributed by atoms with Crippen LogP contribution in [-0.4, -0.2) is 83.3 Å². The molecule has 0 aromatic heterocycles. The van der Waals surface area contributed by atoms with Crippen LogP contribution >= 0.6 is 0 Å². The summed E-state index contributed by atoms with van der Waals surface area (Å²) in [4.78, 5) is 44.0. The van der Waals surface area contributed by atoms with Crippen molar-refractivity contribution in [2.75, 3.05) is 39.3 Å². The molecule has 4 rings (SSSR count). The predicted octanol–water partition coefficient (Wildman–Crippen LogP) is 0.344. The number of fused-ring (bicyclic) bond motifs is 1. The zero-order chi connectivity index (χ0) is 18.1. The van der Waals surface area contributed by atoms with Gasteiger partial charge in [-0.2, -0.15) is 0 Å². The molecule has 0 aromatic carbocycles. The number of amides is 3. The van der Waals surface area contributed by atoms with Gasteiger partial charge in [-0.3, -0.25) is 19.3 Å². The van der Waals surface area contributed by atoms with Crippen LogP contribution in [0.25, 0.3) is 0 Å². The summed E-state index contributed by atoms with van der Waals surface area (Å²) >= 11 is 0. The molecule has 1 saturated carbocycles. The van der Waals surface area contributed by atoms with E-state index in [0.717, 1.165) is 38.8 Å². The molecular formula is C19H30N4O3. The van der Waals surface area contributed by atoms with Gasteiger partial charge < -0.3 is 15.1 Å². The van der Waals surface area contributed by atoms with Crippen LogP contribution in [0.1, 0.15) is 51.4 Å². The van der Waals surface area contributed by atoms with Gasteiger partial charge in [0.05, 0.1) is 13.1 Å². The van der Waals surface area contributed by atoms with E-state index in [-0.39, 0.29) is 29.8 Å². The zero-order valence-corrected chi connectivity index (χ0v) is 15.5. The number of likely N-dealkylation sites (tertiary alicyclic amines) is 1. The van der Waals surface area contributed by atoms with Crippen LogP contribution in [-0.2, 0) is 14.4 Å². The number of piperazine rings is 2. The second kappa shape index (κ2) is 7.18. The molecule has 1 aliphatic carbocycles. The van der Waals surface area contributed by atoms with Crippen molar-refractivity contribution < 1.29 is 14.4 Å². The highest BCUT2D eigenvalue weighted by molar-refractivity contribution is 5.96. The molecule has 4 aliphatic rings. The third kappa shape index (κ3) is 3.00. The number of hydrogen-bond donors (Lipinski definition) is 1. The average molecular weight is 362 g/mol. The van der Waals surface area contributed by atoms with Crippen molar-refractivity contribution in [1.29, 1.82) is 0 Å². The van der Waals surface area contributed by atoms with Crippen LogP contribution in [0.5, 0.6) is 0 Å². The number of nitrogens with one attached hydrogen (secondary N) is 1. The Morgan fingerprint density at radius 3 is 2.35 bits per heavy atom. The second-order valence-corrected chi connectivity index (χ2v) is 8.21. The Balaban J connectivity index is 1.54. The maximum Gasteiger partial charge on any atom is 0.245 e. The number of hydrogen-bond acceptors (Lipinski definition) is 4. The molecule has 0 spiro atoms. The fourth-order valence-corrected chi connectivity index (χ4v) is 5.29. The molecule has 4 fully saturated rings. The Labute approximate surface area is 155 Å². The van der Waals surface area contributed by atoms with Gasteiger partial charge in [0.25, 0.3) is 0 Å². The Hall–Kier alpha value is -1.63. The summed E-state index contributed by atoms with van der Waals surface area (Å²) in [7, 11) is 0. The fraction of sp³-hybridized carbons (Fsp3) is 0.842. The highest BCUT2D eigenvalue weighted by Crippen LogP contribution is 2.37. The van der Waals surface area contributed by atoms with Crippen LogP contribution in [0.15, 0.2) is 0 Å². The third-order valence-corrected chi connectivity index (χ3v) is 6.74. The van der Waals surface area contributed by atoms with Crippen molar-refractivity contribution in [3.05, 3.63) is 0 Å². The van der Waals surface area contributed by atoms with E-state index < -0.39 is 6.04 Å². The van der Waals surface area contributed by atoms with E-state index in [9.17, 15) is 14.4 Å². The Kier molecular flexibility index (Phi) is 4.90. The summed E-state index contributed by atoms with van der Waals surface area (Å²) in [6.45, 7) is 3.46. The molecule has 3 heterocycles. The molecule has 3 saturated heterocycles. The van der Waals surface area contributed by atoms with Gasteiger partial charge in [-0.1, -0.05) is 25.7 Å². The zero-order valence-electron chi connectivity index (χ0n) is 15.5. The molecule has 1 N–H and O–H groups in total. The molecule has 7 heteroatoms. The summed E-state index contributed by atoms with van der Waals surface area (Å²) in [6, 6.07) is -0.518. The SMILES string of the molecule is O=C1NCC(=O)N2CCN(C(=O)C3(N4CCCCC4)CCCCC3)CC12. The van der Waals surface area contributed by atoms with E-state index in [4.69, 9.17) is 0 Å². The monoisotopic (exact) mass is 362 g/mol. The molecule has 1 atom stereocenters. The standard InChI is InChI=1S/C19H30N4O3/c24-16-13-20-17(25)15-14-21(11-12-23(15)16)18(26)19(7-3-1-4-8-19)22-9-5-2-6-10-22/h15H,1-14H2,(H,20,25). The minimum absolute atomic E-state index is 0.0369. The number of rotatable bonds is 2. The van der Waals surface area contributed by atoms with Crippen molar-refractivity contribution >= 4 is 17.7 Å². The molecule has 0 radical (unpaired) electrons. The summed E-state index contributed by atoms with van der Waals surface area (Å²) in [5.41, 5.74) is -0.379. The molecule has 1 unspecified atom stereocenters. The second-order valence-electron chi connectivity index (χ2n) is 8.21. The smallest absolute Gasteiger partial charge is 0.245 e. The lowest BCUT2D eigenvalue weighted by molar-refractivity contribution is -0.159. The van der Waals surface area contributed by atoms with Crippen LogP contribution in [0.2, 0.25) is 0 Å². The minimum atomic E-state index is -0.518. The molecule has 0 bridgehead atoms. The van der Waals surface area contributed by atoms with E-state index in [2.05, 4.69) is 10.2 Å². The average Bonchev–Trinajstić information content (AvgIpc) is 2.71. The predicted molar refractivity (Wildman–Crippen MR) is 96.3 cm³/mol. The van der Waals surface area contributed by atoms with Gasteiger partial charge in [-0.15, -0.1) is 0 Å². The first-order valence-corrected chi connectivity index (χ1v) is 10.2. The van der Waals surface area contributed by atoms with Gasteiger partial charge in [0.2, 0.25) is 17.7 Å². The minimum Gasteiger partial charge on any atom is -0.345 e. The van der Waals surface area contributed by atoms with Crippen molar-refractivity contribution in [3.8, 4) is 0 Å². The highest BCUT2D eigenvalue weighted by atomic mass is 16.2. The number of nitrogens with zero attached hydrogens (tertiary/aromatic N) is 3. The Morgan fingerprint density at radius 2 is 1.62 bits per heavy atom. The number of carbonyl (C=O) groups excluding carboxylic acids is 3. The van der Waals surface area contributed by atoms with Gasteiger partial charge in [0.1, 0.15) is 11.6 Å². The molecule has 144 valence electrons. The van der Waals surface area contributed by atoms with Gasteiger partial charge in [-0.05, 0) is 38.8 Å². The van der Waals surface area contributed by atoms with Gasteiger partial charge in [0, 0.05) is 13.1 Å². The van der Waals surface area contributed by atoms with Gasteiger partial charge >= 0.3 is 0 Å². The van der Waals surface area contributed by atoms with Crippen molar-refractivity contribution in [3.63, 3.8) is 0 Å². The third-order valence-electron chi connectivity index (χ3n) is 6.74. The van der Waals surface area contributed by atoms with Crippen LogP contribution < -0.4 is 5.32 Å². The van der Waals surface area contributed by atoms with E-state index >= 15 is 0 Å². The maximum absolute atomic E-state index is 13.7. The Bertz CT molecular complexity index is 581. The lowest BCUT2D eigenvalue weighted by Gasteiger charge is -2.51. The summed E-state index contributed by atoms with van der Waals surface area (Å²) in [5, 5.41) is 2.66. The van der Waals surface area contributed by atoms with Crippen molar-refractivity contribution in [2.45, 2.75) is 62.9 Å². The van der Waals surface area contributed by atoms with Crippen molar-refractivity contribution in [1.82, 2.24) is 20.0 Å². The molecule has 0 aromatic rings. The number of carbonyl (C=O) groups is 3. The van der Waals surface area contributed by atoms with Gasteiger partial charge in [0.15, 0.2) is 0 Å². The number of piperidine rings is 1. The molecular weight excluding hydrogens is 332 g/mol. The van der Waals surface area contributed by atoms with Gasteiger partial charge in [-0.25, -0.2) is 0 Å². The molecule has 3 amide bonds. The topological polar surface area (TPSA) is 73.0 Å². The van der Waals surface area contributed by atoms with E-state index in [1.54, 1.807) is 4.90 Å². The van der Waals surface area contributed by atoms with E-state index in [1.807, 2.05) is 4.90 Å². The molecule has 7 nitrogen and oxygen atoms in total. The molecule has 3 aliphatic heterocycles. The first kappa shape index (κ1) is 17.8. The quantitative estimate of drug-likeness (QED) is 0.769. The van der Waals surface area contributed by atoms with Crippen LogP contribution in [0.4, 0.5) is 0 Å². The largest absolute Gasteiger partial charge is 0.345 e. The molecule has 26 heavy (non-hydrogen) atoms. The normalized spacial score (nSPS) is 29.9. The lowest BCUT2D eigenvalue weighted by atomic mass is 9.78. The summed E-state index contributed by atoms with van der Waals surface area (Å²) < 4.78 is 0. The van der Waals surface area contributed by atoms with Crippen molar-refractivity contribution in [2.24, 2.45) is 0 Å². The Morgan fingerprint density at radius 1 is 0.923 bits per heavy atom. The van der Waals surface area contributed by atoms with Crippen LogP contribution in [0, 0.1) is 0 Å². The summed E-state index contributed by atoms with van der Waals surface area (Å²) in [5.74, 6) is 0.0347. The fourth-order valence-electron chi connectivity index (χ4n) is 5.29. The maximum atomic E-state index is 13.7. The van der Waals surface area contributed by atoms with E-state index in [0.29, 0.717) is 19.6 Å². The first-order valence-electron chi connectivity index (χ1n) is 10.2. The summed E-state index contributed by atoms with van der Waals surface area (Å²) in [6.07, 6.45) is 8.86. The van der Waals surface area contributed by atoms with E-state index in [1.165, 1.54) is 25.7 Å². The lowest BCUT2D eigenvalue weighted by Crippen LogP contribution is -2.70.